The molecular weight excluding hydrogens is 386 g/mol. The Kier molecular flexibility index (Phi) is 6.60. The highest BCUT2D eigenvalue weighted by Crippen LogP contribution is 2.58. The van der Waals surface area contributed by atoms with Gasteiger partial charge in [-0.1, -0.05) is 29.8 Å². The lowest BCUT2D eigenvalue weighted by Gasteiger charge is -2.23. The van der Waals surface area contributed by atoms with Gasteiger partial charge in [0.05, 0.1) is 0 Å². The molecule has 1 aliphatic carbocycles. The number of carbonyl (C=O) groups is 2. The molecule has 2 amide bonds. The van der Waals surface area contributed by atoms with Crippen molar-refractivity contribution in [3.05, 3.63) is 65.2 Å². The molecule has 3 N–H and O–H groups in total. The zero-order valence-electron chi connectivity index (χ0n) is 16.7. The number of aryl methyl sites for hydroxylation is 1. The number of benzene rings is 2. The van der Waals surface area contributed by atoms with E-state index in [1.54, 1.807) is 0 Å². The van der Waals surface area contributed by atoms with Crippen molar-refractivity contribution in [3.8, 4) is 0 Å². The van der Waals surface area contributed by atoms with Gasteiger partial charge in [-0.3, -0.25) is 9.59 Å². The number of hydrogen-bond donors (Lipinski definition) is 3. The van der Waals surface area contributed by atoms with Crippen molar-refractivity contribution >= 4 is 29.9 Å². The molecule has 0 radical (unpaired) electrons. The lowest BCUT2D eigenvalue weighted by Crippen LogP contribution is -2.33. The molecule has 4 rings (SSSR count). The van der Waals surface area contributed by atoms with Gasteiger partial charge in [-0.25, -0.2) is 0 Å². The summed E-state index contributed by atoms with van der Waals surface area (Å²) in [5, 5.41) is 9.38. The van der Waals surface area contributed by atoms with E-state index in [1.807, 2.05) is 55.5 Å². The van der Waals surface area contributed by atoms with Crippen molar-refractivity contribution in [3.63, 3.8) is 0 Å². The number of carbonyl (C=O) groups excluding carboxylic acids is 2. The van der Waals surface area contributed by atoms with E-state index < -0.39 is 0 Å². The molecular formula is C23H28ClN3O2. The Bertz CT molecular complexity index is 876. The van der Waals surface area contributed by atoms with Gasteiger partial charge in [0, 0.05) is 23.7 Å². The number of nitrogens with one attached hydrogen (secondary N) is 3. The van der Waals surface area contributed by atoms with Gasteiger partial charge >= 0.3 is 0 Å². The van der Waals surface area contributed by atoms with E-state index in [-0.39, 0.29) is 35.6 Å². The zero-order valence-corrected chi connectivity index (χ0v) is 17.5. The Labute approximate surface area is 178 Å². The maximum atomic E-state index is 12.5. The van der Waals surface area contributed by atoms with Crippen LogP contribution in [0.5, 0.6) is 0 Å². The normalized spacial score (nSPS) is 19.1. The SMILES string of the molecule is Cc1ccc(C(=O)Nc2cccc(CNC(=O)C3CC34CCNCC4)c2)cc1.Cl. The lowest BCUT2D eigenvalue weighted by molar-refractivity contribution is -0.123. The molecule has 1 saturated carbocycles. The molecule has 6 heteroatoms. The average Bonchev–Trinajstić information content (AvgIpc) is 3.40. The van der Waals surface area contributed by atoms with Gasteiger partial charge in [-0.2, -0.15) is 0 Å². The second kappa shape index (κ2) is 8.97. The van der Waals surface area contributed by atoms with Crippen molar-refractivity contribution < 1.29 is 9.59 Å². The maximum Gasteiger partial charge on any atom is 0.255 e. The van der Waals surface area contributed by atoms with Gasteiger partial charge in [0.2, 0.25) is 5.91 Å². The zero-order chi connectivity index (χ0) is 19.6. The monoisotopic (exact) mass is 413 g/mol. The first-order valence-corrected chi connectivity index (χ1v) is 10.0. The molecule has 1 unspecified atom stereocenters. The summed E-state index contributed by atoms with van der Waals surface area (Å²) in [6.07, 6.45) is 3.23. The lowest BCUT2D eigenvalue weighted by atomic mass is 9.92. The highest BCUT2D eigenvalue weighted by molar-refractivity contribution is 6.04. The van der Waals surface area contributed by atoms with Gasteiger partial charge < -0.3 is 16.0 Å². The minimum atomic E-state index is -0.132. The third-order valence-corrected chi connectivity index (χ3v) is 6.07. The first-order chi connectivity index (χ1) is 13.6. The van der Waals surface area contributed by atoms with Crippen LogP contribution in [0.4, 0.5) is 5.69 Å². The Balaban J connectivity index is 0.00000240. The average molecular weight is 414 g/mol. The molecule has 1 atom stereocenters. The smallest absolute Gasteiger partial charge is 0.255 e. The number of piperidine rings is 1. The van der Waals surface area contributed by atoms with Crippen LogP contribution in [0.15, 0.2) is 48.5 Å². The minimum absolute atomic E-state index is 0. The molecule has 29 heavy (non-hydrogen) atoms. The van der Waals surface area contributed by atoms with Crippen molar-refractivity contribution in [1.29, 1.82) is 0 Å². The van der Waals surface area contributed by atoms with Crippen molar-refractivity contribution in [2.45, 2.75) is 32.7 Å². The molecule has 2 aromatic rings. The fraction of sp³-hybridized carbons (Fsp3) is 0.391. The van der Waals surface area contributed by atoms with E-state index in [0.29, 0.717) is 12.1 Å². The number of hydrogen-bond acceptors (Lipinski definition) is 3. The van der Waals surface area contributed by atoms with Crippen LogP contribution in [0.3, 0.4) is 0 Å². The predicted octanol–water partition coefficient (Wildman–Crippen LogP) is 3.68. The van der Waals surface area contributed by atoms with Crippen molar-refractivity contribution in [2.75, 3.05) is 18.4 Å². The third-order valence-electron chi connectivity index (χ3n) is 6.07. The maximum absolute atomic E-state index is 12.5. The number of halogens is 1. The number of rotatable bonds is 5. The van der Waals surface area contributed by atoms with Crippen LogP contribution in [0.1, 0.15) is 40.7 Å². The molecule has 0 bridgehead atoms. The van der Waals surface area contributed by atoms with E-state index in [0.717, 1.165) is 49.2 Å². The van der Waals surface area contributed by atoms with Crippen LogP contribution < -0.4 is 16.0 Å². The van der Waals surface area contributed by atoms with Gasteiger partial charge in [0.25, 0.3) is 5.91 Å². The standard InChI is InChI=1S/C23H27N3O2.ClH/c1-16-5-7-18(8-6-16)21(27)26-19-4-2-3-17(13-19)15-25-22(28)20-14-23(20)9-11-24-12-10-23;/h2-8,13,20,24H,9-12,14-15H2,1H3,(H,25,28)(H,26,27);1H. The highest BCUT2D eigenvalue weighted by atomic mass is 35.5. The van der Waals surface area contributed by atoms with Crippen molar-refractivity contribution in [2.24, 2.45) is 11.3 Å². The summed E-state index contributed by atoms with van der Waals surface area (Å²) in [7, 11) is 0. The van der Waals surface area contributed by atoms with Crippen LogP contribution in [-0.2, 0) is 11.3 Å². The Hall–Kier alpha value is -2.37. The van der Waals surface area contributed by atoms with Gasteiger partial charge in [0.15, 0.2) is 0 Å². The summed E-state index contributed by atoms with van der Waals surface area (Å²) in [5.74, 6) is 0.196. The fourth-order valence-corrected chi connectivity index (χ4v) is 4.18. The van der Waals surface area contributed by atoms with Gasteiger partial charge in [0.1, 0.15) is 0 Å². The van der Waals surface area contributed by atoms with E-state index in [1.165, 1.54) is 0 Å². The van der Waals surface area contributed by atoms with Crippen LogP contribution in [0.25, 0.3) is 0 Å². The molecule has 1 saturated heterocycles. The van der Waals surface area contributed by atoms with E-state index in [9.17, 15) is 9.59 Å². The topological polar surface area (TPSA) is 70.2 Å². The van der Waals surface area contributed by atoms with Gasteiger partial charge in [-0.05, 0) is 74.5 Å². The van der Waals surface area contributed by atoms with Crippen LogP contribution in [0.2, 0.25) is 0 Å². The summed E-state index contributed by atoms with van der Waals surface area (Å²) in [5.41, 5.74) is 3.72. The Morgan fingerprint density at radius 1 is 1.10 bits per heavy atom. The van der Waals surface area contributed by atoms with E-state index in [2.05, 4.69) is 16.0 Å². The largest absolute Gasteiger partial charge is 0.352 e. The van der Waals surface area contributed by atoms with Crippen LogP contribution in [0, 0.1) is 18.3 Å². The Morgan fingerprint density at radius 3 is 2.55 bits per heavy atom. The van der Waals surface area contributed by atoms with Crippen LogP contribution in [-0.4, -0.2) is 24.9 Å². The number of amides is 2. The minimum Gasteiger partial charge on any atom is -0.352 e. The summed E-state index contributed by atoms with van der Waals surface area (Å²) in [6.45, 7) is 4.52. The molecule has 5 nitrogen and oxygen atoms in total. The molecule has 1 aliphatic heterocycles. The second-order valence-electron chi connectivity index (χ2n) is 8.11. The van der Waals surface area contributed by atoms with Gasteiger partial charge in [-0.15, -0.1) is 12.4 Å². The first-order valence-electron chi connectivity index (χ1n) is 10.0. The first kappa shape index (κ1) is 21.3. The van der Waals surface area contributed by atoms with E-state index >= 15 is 0 Å². The molecule has 154 valence electrons. The third kappa shape index (κ3) is 4.98. The summed E-state index contributed by atoms with van der Waals surface area (Å²) in [4.78, 5) is 24.9. The quantitative estimate of drug-likeness (QED) is 0.700. The molecule has 1 heterocycles. The summed E-state index contributed by atoms with van der Waals surface area (Å²) in [6, 6.07) is 15.1. The highest BCUT2D eigenvalue weighted by Gasteiger charge is 2.57. The molecule has 2 fully saturated rings. The fourth-order valence-electron chi connectivity index (χ4n) is 4.18. The van der Waals surface area contributed by atoms with Crippen molar-refractivity contribution in [1.82, 2.24) is 10.6 Å². The molecule has 0 aromatic heterocycles. The summed E-state index contributed by atoms with van der Waals surface area (Å²) < 4.78 is 0. The molecule has 2 aromatic carbocycles. The second-order valence-corrected chi connectivity index (χ2v) is 8.11. The molecule has 2 aliphatic rings. The van der Waals surface area contributed by atoms with E-state index in [4.69, 9.17) is 0 Å². The predicted molar refractivity (Wildman–Crippen MR) is 117 cm³/mol. The number of anilines is 1. The molecule has 1 spiro atoms. The van der Waals surface area contributed by atoms with Crippen LogP contribution >= 0.6 is 12.4 Å². The Morgan fingerprint density at radius 2 is 1.83 bits per heavy atom. The summed E-state index contributed by atoms with van der Waals surface area (Å²) >= 11 is 0.